The number of aromatic nitrogens is 5. The number of aromatic amines is 2. The molecule has 3 fully saturated rings. The fourth-order valence-corrected chi connectivity index (χ4v) is 8.22. The highest BCUT2D eigenvalue weighted by molar-refractivity contribution is 6.23. The van der Waals surface area contributed by atoms with Gasteiger partial charge in [-0.15, -0.1) is 0 Å². The highest BCUT2D eigenvalue weighted by Crippen LogP contribution is 2.33. The molecule has 0 radical (unpaired) electrons. The second kappa shape index (κ2) is 15.2. The number of piperazine rings is 1. The molecular weight excluding hydrogens is 745 g/mol. The number of anilines is 4. The van der Waals surface area contributed by atoms with Crippen LogP contribution in [0, 0.1) is 5.92 Å². The lowest BCUT2D eigenvalue weighted by atomic mass is 9.94. The number of rotatable bonds is 9. The Hall–Kier alpha value is -6.95. The predicted octanol–water partition coefficient (Wildman–Crippen LogP) is 2.64. The van der Waals surface area contributed by atoms with Gasteiger partial charge < -0.3 is 25.4 Å². The van der Waals surface area contributed by atoms with Gasteiger partial charge in [-0.1, -0.05) is 12.1 Å². The Bertz CT molecular complexity index is 2440. The molecule has 2 aromatic carbocycles. The number of hydrogen-bond donors (Lipinski definition) is 5. The Morgan fingerprint density at radius 3 is 2.40 bits per heavy atom. The van der Waals surface area contributed by atoms with E-state index in [1.807, 2.05) is 35.2 Å². The van der Waals surface area contributed by atoms with E-state index >= 15 is 0 Å². The molecule has 0 saturated carbocycles. The highest BCUT2D eigenvalue weighted by Gasteiger charge is 2.45. The third-order valence-corrected chi connectivity index (χ3v) is 11.4. The number of nitrogens with zero attached hydrogens (tertiary/aromatic N) is 7. The van der Waals surface area contributed by atoms with Crippen LogP contribution in [-0.4, -0.2) is 121 Å². The fourth-order valence-electron chi connectivity index (χ4n) is 8.22. The van der Waals surface area contributed by atoms with Gasteiger partial charge in [0, 0.05) is 75.7 Å². The molecule has 4 aliphatic rings. The van der Waals surface area contributed by atoms with Crippen LogP contribution in [-0.2, 0) is 20.9 Å². The van der Waals surface area contributed by atoms with Gasteiger partial charge in [0.25, 0.3) is 17.7 Å². The normalized spacial score (nSPS) is 19.1. The van der Waals surface area contributed by atoms with Crippen LogP contribution in [0.15, 0.2) is 67.3 Å². The molecule has 4 aliphatic heterocycles. The third kappa shape index (κ3) is 7.02. The van der Waals surface area contributed by atoms with Gasteiger partial charge in [0.05, 0.1) is 28.4 Å². The first-order chi connectivity index (χ1) is 28.2. The molecule has 6 amide bonds. The largest absolute Gasteiger partial charge is 0.371 e. The van der Waals surface area contributed by atoms with Gasteiger partial charge in [0.1, 0.15) is 29.5 Å². The van der Waals surface area contributed by atoms with E-state index in [9.17, 15) is 28.8 Å². The molecule has 58 heavy (non-hydrogen) atoms. The number of H-pyrrole nitrogens is 2. The van der Waals surface area contributed by atoms with E-state index in [0.717, 1.165) is 41.2 Å². The number of fused-ring (bicyclic) bond motifs is 2. The summed E-state index contributed by atoms with van der Waals surface area (Å²) in [7, 11) is 0. The van der Waals surface area contributed by atoms with E-state index in [-0.39, 0.29) is 47.4 Å². The second-order valence-corrected chi connectivity index (χ2v) is 14.9. The van der Waals surface area contributed by atoms with Crippen LogP contribution in [0.4, 0.5) is 22.9 Å². The van der Waals surface area contributed by atoms with Gasteiger partial charge in [-0.05, 0) is 61.2 Å². The van der Waals surface area contributed by atoms with E-state index in [1.54, 1.807) is 24.4 Å². The van der Waals surface area contributed by atoms with Crippen LogP contribution in [0.1, 0.15) is 62.5 Å². The maximum Gasteiger partial charge on any atom is 0.275 e. The van der Waals surface area contributed by atoms with Crippen molar-refractivity contribution in [2.24, 2.45) is 5.92 Å². The molecule has 9 rings (SSSR count). The topological polar surface area (TPSA) is 222 Å². The summed E-state index contributed by atoms with van der Waals surface area (Å²) in [5.74, 6) is -1.84. The van der Waals surface area contributed by atoms with E-state index < -0.39 is 29.7 Å². The van der Waals surface area contributed by atoms with Crippen molar-refractivity contribution in [3.05, 3.63) is 89.6 Å². The summed E-state index contributed by atoms with van der Waals surface area (Å²) < 4.78 is 0. The number of benzene rings is 2. The molecule has 7 heterocycles. The number of hydrogen-bond acceptors (Lipinski definition) is 12. The van der Waals surface area contributed by atoms with Crippen LogP contribution in [0.3, 0.4) is 0 Å². The van der Waals surface area contributed by atoms with E-state index in [0.29, 0.717) is 61.9 Å². The first kappa shape index (κ1) is 36.7. The summed E-state index contributed by atoms with van der Waals surface area (Å²) in [6.45, 7) is 4.76. The second-order valence-electron chi connectivity index (χ2n) is 14.9. The van der Waals surface area contributed by atoms with Crippen LogP contribution in [0.5, 0.6) is 0 Å². The number of imide groups is 2. The summed E-state index contributed by atoms with van der Waals surface area (Å²) in [6, 6.07) is 13.7. The SMILES string of the molecule is O=C1CCC(N2C(=O)c3ccc(N4CCC(C(=O)N5CCN(Cc6ccc(NC(=O)c7[nH]ncc7Nc7ncnc8[nH]ccc78)cc6)CC5)CC4)cc3C2=O)C(=O)N1. The summed E-state index contributed by atoms with van der Waals surface area (Å²) in [5, 5.41) is 15.9. The van der Waals surface area contributed by atoms with Crippen molar-refractivity contribution in [1.29, 1.82) is 0 Å². The van der Waals surface area contributed by atoms with Crippen molar-refractivity contribution < 1.29 is 28.8 Å². The molecular formula is C40H40N12O6. The first-order valence-corrected chi connectivity index (χ1v) is 19.3. The zero-order chi connectivity index (χ0) is 39.9. The Kier molecular flexibility index (Phi) is 9.60. The lowest BCUT2D eigenvalue weighted by molar-refractivity contribution is -0.138. The molecule has 5 aromatic rings. The van der Waals surface area contributed by atoms with Gasteiger partial charge >= 0.3 is 0 Å². The zero-order valence-electron chi connectivity index (χ0n) is 31.4. The highest BCUT2D eigenvalue weighted by atomic mass is 16.2. The molecule has 296 valence electrons. The van der Waals surface area contributed by atoms with Crippen molar-refractivity contribution in [3.63, 3.8) is 0 Å². The molecule has 5 N–H and O–H groups in total. The van der Waals surface area contributed by atoms with Gasteiger partial charge in [0.15, 0.2) is 0 Å². The monoisotopic (exact) mass is 784 g/mol. The number of carbonyl (C=O) groups is 6. The van der Waals surface area contributed by atoms with Crippen molar-refractivity contribution in [2.45, 2.75) is 38.3 Å². The molecule has 1 unspecified atom stereocenters. The van der Waals surface area contributed by atoms with Gasteiger partial charge in [0.2, 0.25) is 17.7 Å². The van der Waals surface area contributed by atoms with Crippen LogP contribution in [0.25, 0.3) is 11.0 Å². The molecule has 3 aromatic heterocycles. The van der Waals surface area contributed by atoms with E-state index in [1.165, 1.54) is 12.5 Å². The minimum atomic E-state index is -1.01. The molecule has 18 nitrogen and oxygen atoms in total. The zero-order valence-corrected chi connectivity index (χ0v) is 31.4. The molecule has 0 spiro atoms. The Morgan fingerprint density at radius 1 is 0.845 bits per heavy atom. The minimum absolute atomic E-state index is 0.0664. The van der Waals surface area contributed by atoms with Crippen molar-refractivity contribution in [2.75, 3.05) is 54.8 Å². The Labute approximate surface area is 331 Å². The summed E-state index contributed by atoms with van der Waals surface area (Å²) in [5.41, 5.74) is 4.44. The van der Waals surface area contributed by atoms with Crippen LogP contribution >= 0.6 is 0 Å². The van der Waals surface area contributed by atoms with Crippen LogP contribution in [0.2, 0.25) is 0 Å². The quantitative estimate of drug-likeness (QED) is 0.136. The Morgan fingerprint density at radius 2 is 1.62 bits per heavy atom. The molecule has 0 bridgehead atoms. The number of amides is 6. The summed E-state index contributed by atoms with van der Waals surface area (Å²) >= 11 is 0. The average molecular weight is 785 g/mol. The van der Waals surface area contributed by atoms with Crippen molar-refractivity contribution in [3.8, 4) is 0 Å². The van der Waals surface area contributed by atoms with Crippen molar-refractivity contribution >= 4 is 69.4 Å². The maximum atomic E-state index is 13.6. The summed E-state index contributed by atoms with van der Waals surface area (Å²) in [6.07, 6.45) is 6.26. The number of carbonyl (C=O) groups excluding carboxylic acids is 6. The number of nitrogens with one attached hydrogen (secondary N) is 5. The maximum absolute atomic E-state index is 13.6. The predicted molar refractivity (Wildman–Crippen MR) is 210 cm³/mol. The molecule has 0 aliphatic carbocycles. The first-order valence-electron chi connectivity index (χ1n) is 19.3. The summed E-state index contributed by atoms with van der Waals surface area (Å²) in [4.78, 5) is 96.1. The lowest BCUT2D eigenvalue weighted by Crippen LogP contribution is -2.54. The van der Waals surface area contributed by atoms with E-state index in [4.69, 9.17) is 0 Å². The minimum Gasteiger partial charge on any atom is -0.371 e. The number of piperidine rings is 2. The van der Waals surface area contributed by atoms with E-state index in [2.05, 4.69) is 50.9 Å². The molecule has 1 atom stereocenters. The van der Waals surface area contributed by atoms with Gasteiger partial charge in [-0.3, -0.25) is 49.0 Å². The average Bonchev–Trinajstić information content (AvgIpc) is 3.98. The molecule has 3 saturated heterocycles. The fraction of sp³-hybridized carbons (Fsp3) is 0.325. The standard InChI is InChI=1S/C40H40N12O6/c53-32-8-7-31(36(54)47-32)52-39(57)27-6-5-26(19-29(27)40(52)58)50-13-10-24(11-14-50)38(56)51-17-15-49(16-18-51)21-23-1-3-25(4-2-23)45-37(55)33-30(20-44-48-33)46-35-28-9-12-41-34(28)42-22-43-35/h1-6,9,12,19-20,22,24,31H,7-8,10-11,13-18,21H2,(H,44,48)(H,45,55)(H,47,53,54)(H2,41,42,43,46). The Balaban J connectivity index is 0.732. The van der Waals surface area contributed by atoms with Gasteiger partial charge in [-0.25, -0.2) is 9.97 Å². The van der Waals surface area contributed by atoms with Crippen LogP contribution < -0.4 is 20.9 Å². The molecule has 18 heteroatoms. The third-order valence-electron chi connectivity index (χ3n) is 11.4. The lowest BCUT2D eigenvalue weighted by Gasteiger charge is -2.39. The van der Waals surface area contributed by atoms with Crippen molar-refractivity contribution in [1.82, 2.24) is 45.2 Å². The van der Waals surface area contributed by atoms with Gasteiger partial charge in [-0.2, -0.15) is 5.10 Å². The smallest absolute Gasteiger partial charge is 0.275 e.